The molecule has 162 valence electrons. The highest BCUT2D eigenvalue weighted by atomic mass is 19.1. The van der Waals surface area contributed by atoms with Gasteiger partial charge < -0.3 is 14.8 Å². The lowest BCUT2D eigenvalue weighted by Crippen LogP contribution is -2.22. The Kier molecular flexibility index (Phi) is 5.83. The molecule has 0 aliphatic carbocycles. The second-order valence-electron chi connectivity index (χ2n) is 7.58. The van der Waals surface area contributed by atoms with Gasteiger partial charge in [0.2, 0.25) is 5.55 Å². The first-order chi connectivity index (χ1) is 15.4. The van der Waals surface area contributed by atoms with Gasteiger partial charge in [-0.1, -0.05) is 6.07 Å². The van der Waals surface area contributed by atoms with Gasteiger partial charge in [-0.3, -0.25) is 9.78 Å². The van der Waals surface area contributed by atoms with E-state index in [1.54, 1.807) is 19.2 Å². The minimum absolute atomic E-state index is 0.0606. The van der Waals surface area contributed by atoms with Crippen LogP contribution in [-0.4, -0.2) is 16.0 Å². The molecule has 0 unspecified atom stereocenters. The van der Waals surface area contributed by atoms with Crippen molar-refractivity contribution in [3.8, 4) is 0 Å². The van der Waals surface area contributed by atoms with E-state index >= 15 is 0 Å². The predicted octanol–water partition coefficient (Wildman–Crippen LogP) is 4.87. The third-order valence-electron chi connectivity index (χ3n) is 5.29. The summed E-state index contributed by atoms with van der Waals surface area (Å²) in [6.07, 6.45) is 1.55. The van der Waals surface area contributed by atoms with Crippen molar-refractivity contribution in [3.63, 3.8) is 0 Å². The number of aliphatic hydroxyl groups excluding tert-OH is 1. The largest absolute Gasteiger partial charge is 0.436 e. The predicted molar refractivity (Wildman–Crippen MR) is 120 cm³/mol. The Morgan fingerprint density at radius 2 is 1.84 bits per heavy atom. The number of aliphatic hydroxyl groups is 1. The lowest BCUT2D eigenvalue weighted by atomic mass is 10.1. The summed E-state index contributed by atoms with van der Waals surface area (Å²) in [6.45, 7) is 5.47. The minimum atomic E-state index is -0.418. The molecule has 2 N–H and O–H groups in total. The normalized spacial score (nSPS) is 11.7. The number of anilines is 1. The Bertz CT molecular complexity index is 1390. The van der Waals surface area contributed by atoms with Gasteiger partial charge in [0.05, 0.1) is 18.0 Å². The highest BCUT2D eigenvalue weighted by molar-refractivity contribution is 6.05. The monoisotopic (exact) mass is 431 g/mol. The fourth-order valence-corrected chi connectivity index (χ4v) is 3.31. The van der Waals surface area contributed by atoms with Gasteiger partial charge in [0, 0.05) is 22.8 Å². The van der Waals surface area contributed by atoms with Crippen molar-refractivity contribution in [1.29, 1.82) is 0 Å². The van der Waals surface area contributed by atoms with E-state index in [-0.39, 0.29) is 23.5 Å². The second kappa shape index (κ2) is 8.72. The first-order valence-electron chi connectivity index (χ1n) is 10.1. The van der Waals surface area contributed by atoms with Crippen LogP contribution in [0, 0.1) is 26.6 Å². The van der Waals surface area contributed by atoms with Crippen LogP contribution in [0.2, 0.25) is 0 Å². The van der Waals surface area contributed by atoms with Crippen molar-refractivity contribution >= 4 is 28.3 Å². The van der Waals surface area contributed by atoms with Gasteiger partial charge in [0.15, 0.2) is 5.58 Å². The van der Waals surface area contributed by atoms with Crippen LogP contribution in [0.1, 0.15) is 32.7 Å². The lowest BCUT2D eigenvalue weighted by molar-refractivity contribution is 0.102. The summed E-state index contributed by atoms with van der Waals surface area (Å²) < 4.78 is 19.3. The lowest BCUT2D eigenvalue weighted by Gasteiger charge is -2.11. The maximum absolute atomic E-state index is 13.3. The van der Waals surface area contributed by atoms with Crippen LogP contribution in [0.15, 0.2) is 64.1 Å². The zero-order valence-electron chi connectivity index (χ0n) is 17.9. The second-order valence-corrected chi connectivity index (χ2v) is 7.58. The maximum atomic E-state index is 13.3. The third-order valence-corrected chi connectivity index (χ3v) is 5.29. The molecule has 4 rings (SSSR count). The van der Waals surface area contributed by atoms with E-state index in [4.69, 9.17) is 4.42 Å². The van der Waals surface area contributed by atoms with Gasteiger partial charge in [-0.2, -0.15) is 0 Å². The number of halogens is 1. The van der Waals surface area contributed by atoms with Gasteiger partial charge in [-0.05, 0) is 74.4 Å². The van der Waals surface area contributed by atoms with Crippen LogP contribution in [0.5, 0.6) is 0 Å². The number of amides is 1. The first kappa shape index (κ1) is 21.4. The third kappa shape index (κ3) is 4.29. The number of aryl methyl sites for hydroxylation is 3. The van der Waals surface area contributed by atoms with Crippen LogP contribution in [0.3, 0.4) is 0 Å². The van der Waals surface area contributed by atoms with Crippen LogP contribution in [-0.2, 0) is 6.61 Å². The maximum Gasteiger partial charge on any atom is 0.261 e. The first-order valence-corrected chi connectivity index (χ1v) is 10.1. The molecule has 2 aromatic heterocycles. The Labute approximate surface area is 184 Å². The Morgan fingerprint density at radius 3 is 2.53 bits per heavy atom. The molecular weight excluding hydrogens is 409 g/mol. The average molecular weight is 431 g/mol. The molecule has 0 saturated heterocycles. The highest BCUT2D eigenvalue weighted by Crippen LogP contribution is 2.22. The molecule has 2 heterocycles. The number of rotatable bonds is 4. The van der Waals surface area contributed by atoms with Crippen molar-refractivity contribution in [3.05, 3.63) is 94.0 Å². The molecule has 0 aliphatic heterocycles. The number of hydrogen-bond donors (Lipinski definition) is 2. The van der Waals surface area contributed by atoms with Crippen LogP contribution >= 0.6 is 0 Å². The number of benzene rings is 2. The van der Waals surface area contributed by atoms with Crippen molar-refractivity contribution in [1.82, 2.24) is 4.98 Å². The van der Waals surface area contributed by atoms with E-state index in [0.717, 1.165) is 11.1 Å². The van der Waals surface area contributed by atoms with E-state index < -0.39 is 5.91 Å². The molecule has 6 nitrogen and oxygen atoms in total. The van der Waals surface area contributed by atoms with Gasteiger partial charge >= 0.3 is 0 Å². The van der Waals surface area contributed by atoms with Crippen molar-refractivity contribution < 1.29 is 18.7 Å². The van der Waals surface area contributed by atoms with Crippen molar-refractivity contribution in [2.75, 3.05) is 5.32 Å². The summed E-state index contributed by atoms with van der Waals surface area (Å²) in [7, 11) is 0. The summed E-state index contributed by atoms with van der Waals surface area (Å²) in [5.74, 6) is -0.808. The van der Waals surface area contributed by atoms with Crippen molar-refractivity contribution in [2.45, 2.75) is 27.4 Å². The molecule has 0 atom stereocenters. The number of aromatic nitrogens is 1. The molecule has 0 spiro atoms. The van der Waals surface area contributed by atoms with Crippen LogP contribution in [0.25, 0.3) is 11.0 Å². The summed E-state index contributed by atoms with van der Waals surface area (Å²) in [4.78, 5) is 21.9. The number of nitrogens with zero attached hydrogens (tertiary/aromatic N) is 2. The molecule has 0 aliphatic rings. The number of carbonyl (C=O) groups excluding carboxylic acids is 1. The zero-order chi connectivity index (χ0) is 22.8. The van der Waals surface area contributed by atoms with Crippen LogP contribution in [0.4, 0.5) is 15.8 Å². The molecule has 7 heteroatoms. The molecule has 32 heavy (non-hydrogen) atoms. The smallest absolute Gasteiger partial charge is 0.261 e. The molecule has 0 fully saturated rings. The number of pyridine rings is 1. The molecule has 0 saturated carbocycles. The Hall–Kier alpha value is -3.84. The fourth-order valence-electron chi connectivity index (χ4n) is 3.31. The summed E-state index contributed by atoms with van der Waals surface area (Å²) in [5, 5.41) is 13.2. The molecule has 0 radical (unpaired) electrons. The number of fused-ring (bicyclic) bond motifs is 1. The van der Waals surface area contributed by atoms with Gasteiger partial charge in [-0.25, -0.2) is 9.38 Å². The Balaban J connectivity index is 1.90. The minimum Gasteiger partial charge on any atom is -0.436 e. The van der Waals surface area contributed by atoms with E-state index in [2.05, 4.69) is 15.3 Å². The summed E-state index contributed by atoms with van der Waals surface area (Å²) >= 11 is 0. The fraction of sp³-hybridized carbons (Fsp3) is 0.160. The summed E-state index contributed by atoms with van der Waals surface area (Å²) in [6, 6.07) is 12.8. The molecule has 4 aromatic rings. The molecule has 0 bridgehead atoms. The molecule has 1 amide bonds. The number of hydrogen-bond acceptors (Lipinski definition) is 5. The Morgan fingerprint density at radius 1 is 1.09 bits per heavy atom. The standard InChI is InChI=1S/C25H22FN3O3/c1-14-4-7-20(10-15(14)2)28-24(31)22-11-21-17(13-30)12-27-16(3)23(21)32-25(22)29-19-8-5-18(26)6-9-19/h4-12,30H,13H2,1-3H3,(H,28,31). The van der Waals surface area contributed by atoms with Gasteiger partial charge in [-0.15, -0.1) is 0 Å². The number of nitrogens with one attached hydrogen (secondary N) is 1. The van der Waals surface area contributed by atoms with Crippen LogP contribution < -0.4 is 10.9 Å². The van der Waals surface area contributed by atoms with E-state index in [9.17, 15) is 14.3 Å². The molecular formula is C25H22FN3O3. The van der Waals surface area contributed by atoms with E-state index in [0.29, 0.717) is 33.6 Å². The zero-order valence-corrected chi connectivity index (χ0v) is 17.9. The topological polar surface area (TPSA) is 87.7 Å². The van der Waals surface area contributed by atoms with E-state index in [1.807, 2.05) is 32.0 Å². The average Bonchev–Trinajstić information content (AvgIpc) is 2.78. The van der Waals surface area contributed by atoms with Gasteiger partial charge in [0.25, 0.3) is 5.91 Å². The highest BCUT2D eigenvalue weighted by Gasteiger charge is 2.17. The van der Waals surface area contributed by atoms with E-state index in [1.165, 1.54) is 24.3 Å². The quantitative estimate of drug-likeness (QED) is 0.483. The SMILES string of the molecule is Cc1ccc(NC(=O)c2cc3c(CO)cnc(C)c3oc2=Nc2ccc(F)cc2)cc1C. The van der Waals surface area contributed by atoms with Gasteiger partial charge in [0.1, 0.15) is 11.4 Å². The number of carbonyl (C=O) groups is 1. The van der Waals surface area contributed by atoms with Crippen molar-refractivity contribution in [2.24, 2.45) is 4.99 Å². The summed E-state index contributed by atoms with van der Waals surface area (Å²) in [5.41, 5.74) is 5.01. The molecule has 2 aromatic carbocycles.